The maximum absolute atomic E-state index is 12.1. The first kappa shape index (κ1) is 15.5. The standard InChI is InChI=1S/C15H30N2O/c1-11(12-6-5-7-13(16)10-12)14(18)17-9-8-15(2,3)4/h11-13H,5-10,16H2,1-4H3,(H,17,18). The zero-order valence-electron chi connectivity index (χ0n) is 12.5. The van der Waals surface area contributed by atoms with E-state index in [9.17, 15) is 4.79 Å². The Balaban J connectivity index is 2.32. The topological polar surface area (TPSA) is 55.1 Å². The predicted octanol–water partition coefficient (Wildman–Crippen LogP) is 2.69. The molecule has 18 heavy (non-hydrogen) atoms. The maximum atomic E-state index is 12.1. The lowest BCUT2D eigenvalue weighted by atomic mass is 9.78. The fourth-order valence-corrected chi connectivity index (χ4v) is 2.66. The van der Waals surface area contributed by atoms with Gasteiger partial charge in [-0.2, -0.15) is 0 Å². The lowest BCUT2D eigenvalue weighted by Gasteiger charge is -2.30. The molecule has 0 aromatic carbocycles. The average Bonchev–Trinajstić information content (AvgIpc) is 2.26. The fourth-order valence-electron chi connectivity index (χ4n) is 2.66. The van der Waals surface area contributed by atoms with Gasteiger partial charge in [-0.05, 0) is 37.0 Å². The number of carbonyl (C=O) groups excluding carboxylic acids is 1. The summed E-state index contributed by atoms with van der Waals surface area (Å²) in [5.41, 5.74) is 6.27. The van der Waals surface area contributed by atoms with Crippen molar-refractivity contribution in [3.8, 4) is 0 Å². The normalized spacial score (nSPS) is 26.7. The van der Waals surface area contributed by atoms with Crippen molar-refractivity contribution in [2.45, 2.75) is 65.8 Å². The Morgan fingerprint density at radius 2 is 2.06 bits per heavy atom. The van der Waals surface area contributed by atoms with Crippen LogP contribution < -0.4 is 11.1 Å². The smallest absolute Gasteiger partial charge is 0.223 e. The number of rotatable bonds is 4. The van der Waals surface area contributed by atoms with Crippen LogP contribution in [0, 0.1) is 17.3 Å². The van der Waals surface area contributed by atoms with Crippen molar-refractivity contribution in [3.63, 3.8) is 0 Å². The lowest BCUT2D eigenvalue weighted by molar-refractivity contribution is -0.126. The highest BCUT2D eigenvalue weighted by Crippen LogP contribution is 2.29. The van der Waals surface area contributed by atoms with E-state index in [-0.39, 0.29) is 17.2 Å². The minimum atomic E-state index is 0.108. The molecule has 0 bridgehead atoms. The van der Waals surface area contributed by atoms with E-state index < -0.39 is 0 Å². The van der Waals surface area contributed by atoms with E-state index in [2.05, 4.69) is 33.0 Å². The second-order valence-corrected chi connectivity index (χ2v) is 7.08. The van der Waals surface area contributed by atoms with Gasteiger partial charge in [0.05, 0.1) is 0 Å². The van der Waals surface area contributed by atoms with Crippen LogP contribution in [0.25, 0.3) is 0 Å². The van der Waals surface area contributed by atoms with Crippen LogP contribution in [0.2, 0.25) is 0 Å². The third-order valence-electron chi connectivity index (χ3n) is 4.05. The Morgan fingerprint density at radius 3 is 2.61 bits per heavy atom. The summed E-state index contributed by atoms with van der Waals surface area (Å²) in [5, 5.41) is 3.07. The summed E-state index contributed by atoms with van der Waals surface area (Å²) >= 11 is 0. The second kappa shape index (κ2) is 6.55. The van der Waals surface area contributed by atoms with Gasteiger partial charge in [-0.1, -0.05) is 34.1 Å². The molecule has 0 aliphatic heterocycles. The summed E-state index contributed by atoms with van der Waals surface area (Å²) in [6, 6.07) is 0.300. The molecule has 3 N–H and O–H groups in total. The summed E-state index contributed by atoms with van der Waals surface area (Å²) in [7, 11) is 0. The van der Waals surface area contributed by atoms with E-state index in [4.69, 9.17) is 5.73 Å². The largest absolute Gasteiger partial charge is 0.356 e. The summed E-state index contributed by atoms with van der Waals surface area (Å²) in [6.45, 7) is 9.43. The zero-order chi connectivity index (χ0) is 13.8. The summed E-state index contributed by atoms with van der Waals surface area (Å²) < 4.78 is 0. The van der Waals surface area contributed by atoms with Gasteiger partial charge in [0.2, 0.25) is 5.91 Å². The lowest BCUT2D eigenvalue weighted by Crippen LogP contribution is -2.38. The second-order valence-electron chi connectivity index (χ2n) is 7.08. The van der Waals surface area contributed by atoms with Crippen molar-refractivity contribution in [1.29, 1.82) is 0 Å². The summed E-state index contributed by atoms with van der Waals surface area (Å²) in [6.07, 6.45) is 5.48. The molecule has 0 saturated heterocycles. The highest BCUT2D eigenvalue weighted by Gasteiger charge is 2.28. The Hall–Kier alpha value is -0.570. The van der Waals surface area contributed by atoms with Crippen LogP contribution in [0.1, 0.15) is 59.8 Å². The molecule has 106 valence electrons. The number of carbonyl (C=O) groups is 1. The van der Waals surface area contributed by atoms with Crippen molar-refractivity contribution in [1.82, 2.24) is 5.32 Å². The van der Waals surface area contributed by atoms with Crippen molar-refractivity contribution >= 4 is 5.91 Å². The summed E-state index contributed by atoms with van der Waals surface area (Å²) in [5.74, 6) is 0.790. The number of nitrogens with one attached hydrogen (secondary N) is 1. The molecule has 1 amide bonds. The first-order valence-electron chi connectivity index (χ1n) is 7.33. The first-order chi connectivity index (χ1) is 8.29. The number of nitrogens with two attached hydrogens (primary N) is 1. The van der Waals surface area contributed by atoms with Crippen molar-refractivity contribution in [2.24, 2.45) is 23.0 Å². The van der Waals surface area contributed by atoms with Crippen LogP contribution in [0.3, 0.4) is 0 Å². The highest BCUT2D eigenvalue weighted by atomic mass is 16.1. The molecular formula is C15H30N2O. The van der Waals surface area contributed by atoms with E-state index in [1.807, 2.05) is 0 Å². The Kier molecular flexibility index (Phi) is 5.64. The maximum Gasteiger partial charge on any atom is 0.223 e. The van der Waals surface area contributed by atoms with E-state index in [1.54, 1.807) is 0 Å². The van der Waals surface area contributed by atoms with Gasteiger partial charge < -0.3 is 11.1 Å². The van der Waals surface area contributed by atoms with Gasteiger partial charge in [0.1, 0.15) is 0 Å². The van der Waals surface area contributed by atoms with E-state index >= 15 is 0 Å². The minimum absolute atomic E-state index is 0.108. The SMILES string of the molecule is CC(C(=O)NCCC(C)(C)C)C1CCCC(N)C1. The van der Waals surface area contributed by atoms with Crippen LogP contribution in [-0.4, -0.2) is 18.5 Å². The molecule has 0 radical (unpaired) electrons. The van der Waals surface area contributed by atoms with Crippen LogP contribution in [0.15, 0.2) is 0 Å². The highest BCUT2D eigenvalue weighted by molar-refractivity contribution is 5.78. The van der Waals surface area contributed by atoms with Crippen LogP contribution >= 0.6 is 0 Å². The van der Waals surface area contributed by atoms with Gasteiger partial charge in [-0.3, -0.25) is 4.79 Å². The molecule has 0 aromatic heterocycles. The molecule has 0 heterocycles. The Labute approximate surface area is 112 Å². The molecule has 1 fully saturated rings. The minimum Gasteiger partial charge on any atom is -0.356 e. The summed E-state index contributed by atoms with van der Waals surface area (Å²) in [4.78, 5) is 12.1. The monoisotopic (exact) mass is 254 g/mol. The zero-order valence-corrected chi connectivity index (χ0v) is 12.5. The fraction of sp³-hybridized carbons (Fsp3) is 0.933. The van der Waals surface area contributed by atoms with Crippen LogP contribution in [0.4, 0.5) is 0 Å². The number of hydrogen-bond acceptors (Lipinski definition) is 2. The van der Waals surface area contributed by atoms with Crippen molar-refractivity contribution < 1.29 is 4.79 Å². The molecule has 3 heteroatoms. The quantitative estimate of drug-likeness (QED) is 0.810. The van der Waals surface area contributed by atoms with Crippen molar-refractivity contribution in [3.05, 3.63) is 0 Å². The molecule has 0 aromatic rings. The molecule has 1 saturated carbocycles. The molecule has 1 aliphatic carbocycles. The van der Waals surface area contributed by atoms with E-state index in [0.717, 1.165) is 32.2 Å². The van der Waals surface area contributed by atoms with Crippen LogP contribution in [0.5, 0.6) is 0 Å². The molecular weight excluding hydrogens is 224 g/mol. The third kappa shape index (κ3) is 5.38. The van der Waals surface area contributed by atoms with Gasteiger partial charge in [0.25, 0.3) is 0 Å². The van der Waals surface area contributed by atoms with E-state index in [1.165, 1.54) is 6.42 Å². The number of hydrogen-bond donors (Lipinski definition) is 2. The average molecular weight is 254 g/mol. The third-order valence-corrected chi connectivity index (χ3v) is 4.05. The van der Waals surface area contributed by atoms with E-state index in [0.29, 0.717) is 12.0 Å². The molecule has 3 atom stereocenters. The van der Waals surface area contributed by atoms with Gasteiger partial charge in [-0.15, -0.1) is 0 Å². The molecule has 0 spiro atoms. The van der Waals surface area contributed by atoms with Gasteiger partial charge in [0.15, 0.2) is 0 Å². The predicted molar refractivity (Wildman–Crippen MR) is 76.2 cm³/mol. The Morgan fingerprint density at radius 1 is 1.39 bits per heavy atom. The van der Waals surface area contributed by atoms with Crippen LogP contribution in [-0.2, 0) is 4.79 Å². The molecule has 3 unspecified atom stereocenters. The van der Waals surface area contributed by atoms with Gasteiger partial charge >= 0.3 is 0 Å². The van der Waals surface area contributed by atoms with Crippen molar-refractivity contribution in [2.75, 3.05) is 6.54 Å². The Bertz CT molecular complexity index is 270. The van der Waals surface area contributed by atoms with Gasteiger partial charge in [-0.25, -0.2) is 0 Å². The number of amides is 1. The molecule has 1 aliphatic rings. The first-order valence-corrected chi connectivity index (χ1v) is 7.33. The molecule has 1 rings (SSSR count). The van der Waals surface area contributed by atoms with Gasteiger partial charge in [0, 0.05) is 18.5 Å². The molecule has 3 nitrogen and oxygen atoms in total.